The van der Waals surface area contributed by atoms with Gasteiger partial charge in [-0.25, -0.2) is 0 Å². The fourth-order valence-corrected chi connectivity index (χ4v) is 0.971. The molecule has 1 amide bonds. The first-order valence-corrected chi connectivity index (χ1v) is 5.00. The predicted molar refractivity (Wildman–Crippen MR) is 55.2 cm³/mol. The van der Waals surface area contributed by atoms with E-state index in [0.717, 1.165) is 0 Å². The SMILES string of the molecule is CCC(=O)NC(COC)COC(C)C. The van der Waals surface area contributed by atoms with E-state index in [2.05, 4.69) is 5.32 Å². The molecule has 0 saturated carbocycles. The lowest BCUT2D eigenvalue weighted by Crippen LogP contribution is -2.41. The monoisotopic (exact) mass is 203 g/mol. The lowest BCUT2D eigenvalue weighted by atomic mass is 10.3. The molecule has 84 valence electrons. The third kappa shape index (κ3) is 6.86. The minimum absolute atomic E-state index is 0.0272. The van der Waals surface area contributed by atoms with Crippen molar-refractivity contribution in [1.29, 1.82) is 0 Å². The molecule has 0 saturated heterocycles. The molecule has 1 atom stereocenters. The summed E-state index contributed by atoms with van der Waals surface area (Å²) >= 11 is 0. The lowest BCUT2D eigenvalue weighted by molar-refractivity contribution is -0.122. The van der Waals surface area contributed by atoms with E-state index in [0.29, 0.717) is 19.6 Å². The summed E-state index contributed by atoms with van der Waals surface area (Å²) in [6.07, 6.45) is 0.662. The molecule has 0 aliphatic heterocycles. The molecule has 0 heterocycles. The highest BCUT2D eigenvalue weighted by Crippen LogP contribution is 1.93. The van der Waals surface area contributed by atoms with Gasteiger partial charge in [0.25, 0.3) is 0 Å². The molecule has 0 rings (SSSR count). The molecule has 1 unspecified atom stereocenters. The van der Waals surface area contributed by atoms with Crippen molar-refractivity contribution in [2.45, 2.75) is 39.3 Å². The number of methoxy groups -OCH3 is 1. The summed E-state index contributed by atoms with van der Waals surface area (Å²) in [6, 6.07) is -0.0464. The standard InChI is InChI=1S/C10H21NO3/c1-5-10(12)11-9(6-13-4)7-14-8(2)3/h8-9H,5-7H2,1-4H3,(H,11,12). The molecule has 1 N–H and O–H groups in total. The zero-order chi connectivity index (χ0) is 11.0. The minimum Gasteiger partial charge on any atom is -0.382 e. The average Bonchev–Trinajstić information content (AvgIpc) is 2.14. The van der Waals surface area contributed by atoms with Gasteiger partial charge in [-0.05, 0) is 13.8 Å². The average molecular weight is 203 g/mol. The summed E-state index contributed by atoms with van der Waals surface area (Å²) in [7, 11) is 1.61. The van der Waals surface area contributed by atoms with Gasteiger partial charge in [-0.15, -0.1) is 0 Å². The molecule has 0 fully saturated rings. The third-order valence-corrected chi connectivity index (χ3v) is 1.68. The van der Waals surface area contributed by atoms with E-state index in [1.165, 1.54) is 0 Å². The highest BCUT2D eigenvalue weighted by Gasteiger charge is 2.11. The second-order valence-electron chi connectivity index (χ2n) is 3.46. The summed E-state index contributed by atoms with van der Waals surface area (Å²) < 4.78 is 10.4. The van der Waals surface area contributed by atoms with Crippen molar-refractivity contribution in [2.75, 3.05) is 20.3 Å². The van der Waals surface area contributed by atoms with Crippen LogP contribution in [0.3, 0.4) is 0 Å². The van der Waals surface area contributed by atoms with Gasteiger partial charge >= 0.3 is 0 Å². The van der Waals surface area contributed by atoms with Crippen LogP contribution in [-0.4, -0.2) is 38.4 Å². The first kappa shape index (κ1) is 13.4. The Balaban J connectivity index is 3.82. The molecule has 0 aliphatic carbocycles. The molecule has 0 bridgehead atoms. The topological polar surface area (TPSA) is 47.6 Å². The second kappa shape index (κ2) is 7.76. The summed E-state index contributed by atoms with van der Waals surface area (Å²) in [6.45, 7) is 6.73. The number of carbonyl (C=O) groups excluding carboxylic acids is 1. The van der Waals surface area contributed by atoms with Gasteiger partial charge in [0.2, 0.25) is 5.91 Å². The third-order valence-electron chi connectivity index (χ3n) is 1.68. The maximum Gasteiger partial charge on any atom is 0.220 e. The van der Waals surface area contributed by atoms with E-state index in [9.17, 15) is 4.79 Å². The highest BCUT2D eigenvalue weighted by atomic mass is 16.5. The number of amides is 1. The van der Waals surface area contributed by atoms with Crippen molar-refractivity contribution in [3.05, 3.63) is 0 Å². The number of carbonyl (C=O) groups is 1. The Bertz CT molecular complexity index is 159. The van der Waals surface area contributed by atoms with Gasteiger partial charge in [0.15, 0.2) is 0 Å². The normalized spacial score (nSPS) is 12.9. The van der Waals surface area contributed by atoms with E-state index in [1.54, 1.807) is 7.11 Å². The molecule has 4 heteroatoms. The van der Waals surface area contributed by atoms with Gasteiger partial charge in [-0.1, -0.05) is 6.92 Å². The first-order chi connectivity index (χ1) is 6.60. The van der Waals surface area contributed by atoms with Gasteiger partial charge in [0.1, 0.15) is 0 Å². The Morgan fingerprint density at radius 2 is 2.00 bits per heavy atom. The van der Waals surface area contributed by atoms with Gasteiger partial charge in [0, 0.05) is 13.5 Å². The van der Waals surface area contributed by atoms with Crippen LogP contribution in [-0.2, 0) is 14.3 Å². The maximum atomic E-state index is 11.1. The van der Waals surface area contributed by atoms with Crippen molar-refractivity contribution < 1.29 is 14.3 Å². The molecule has 0 radical (unpaired) electrons. The van der Waals surface area contributed by atoms with Gasteiger partial charge in [0.05, 0.1) is 25.4 Å². The van der Waals surface area contributed by atoms with Crippen LogP contribution < -0.4 is 5.32 Å². The van der Waals surface area contributed by atoms with Crippen LogP contribution >= 0.6 is 0 Å². The Hall–Kier alpha value is -0.610. The number of hydrogen-bond donors (Lipinski definition) is 1. The van der Waals surface area contributed by atoms with Crippen LogP contribution in [0.15, 0.2) is 0 Å². The van der Waals surface area contributed by atoms with E-state index >= 15 is 0 Å². The van der Waals surface area contributed by atoms with Crippen LogP contribution in [0.4, 0.5) is 0 Å². The van der Waals surface area contributed by atoms with Gasteiger partial charge < -0.3 is 14.8 Å². The van der Waals surface area contributed by atoms with Crippen LogP contribution in [0.2, 0.25) is 0 Å². The Morgan fingerprint density at radius 1 is 1.36 bits per heavy atom. The van der Waals surface area contributed by atoms with Crippen molar-refractivity contribution >= 4 is 5.91 Å². The fourth-order valence-electron chi connectivity index (χ4n) is 0.971. The van der Waals surface area contributed by atoms with Crippen molar-refractivity contribution in [1.82, 2.24) is 5.32 Å². The van der Waals surface area contributed by atoms with Crippen LogP contribution in [0.1, 0.15) is 27.2 Å². The number of ether oxygens (including phenoxy) is 2. The van der Waals surface area contributed by atoms with Crippen molar-refractivity contribution in [2.24, 2.45) is 0 Å². The summed E-state index contributed by atoms with van der Waals surface area (Å²) in [5.74, 6) is 0.0272. The second-order valence-corrected chi connectivity index (χ2v) is 3.46. The Labute approximate surface area is 86.0 Å². The number of hydrogen-bond acceptors (Lipinski definition) is 3. The molecular formula is C10H21NO3. The molecule has 4 nitrogen and oxygen atoms in total. The largest absolute Gasteiger partial charge is 0.382 e. The molecule has 0 aromatic carbocycles. The van der Waals surface area contributed by atoms with E-state index in [-0.39, 0.29) is 18.1 Å². The zero-order valence-electron chi connectivity index (χ0n) is 9.50. The fraction of sp³-hybridized carbons (Fsp3) is 0.900. The Morgan fingerprint density at radius 3 is 2.43 bits per heavy atom. The summed E-state index contributed by atoms with van der Waals surface area (Å²) in [5.41, 5.74) is 0. The minimum atomic E-state index is -0.0464. The lowest BCUT2D eigenvalue weighted by Gasteiger charge is -2.19. The first-order valence-electron chi connectivity index (χ1n) is 5.00. The van der Waals surface area contributed by atoms with E-state index in [1.807, 2.05) is 20.8 Å². The zero-order valence-corrected chi connectivity index (χ0v) is 9.50. The molecule has 0 spiro atoms. The van der Waals surface area contributed by atoms with Crippen LogP contribution in [0.25, 0.3) is 0 Å². The molecule has 0 aromatic rings. The van der Waals surface area contributed by atoms with Crippen molar-refractivity contribution in [3.63, 3.8) is 0 Å². The summed E-state index contributed by atoms with van der Waals surface area (Å²) in [5, 5.41) is 2.83. The van der Waals surface area contributed by atoms with Crippen molar-refractivity contribution in [3.8, 4) is 0 Å². The Kier molecular flexibility index (Phi) is 7.42. The van der Waals surface area contributed by atoms with Crippen LogP contribution in [0.5, 0.6) is 0 Å². The van der Waals surface area contributed by atoms with E-state index < -0.39 is 0 Å². The number of rotatable bonds is 7. The maximum absolute atomic E-state index is 11.1. The summed E-state index contributed by atoms with van der Waals surface area (Å²) in [4.78, 5) is 11.1. The predicted octanol–water partition coefficient (Wildman–Crippen LogP) is 0.953. The molecule has 14 heavy (non-hydrogen) atoms. The molecule has 0 aromatic heterocycles. The smallest absolute Gasteiger partial charge is 0.220 e. The van der Waals surface area contributed by atoms with E-state index in [4.69, 9.17) is 9.47 Å². The van der Waals surface area contributed by atoms with Crippen LogP contribution in [0, 0.1) is 0 Å². The quantitative estimate of drug-likeness (QED) is 0.670. The number of nitrogens with one attached hydrogen (secondary N) is 1. The van der Waals surface area contributed by atoms with Gasteiger partial charge in [-0.3, -0.25) is 4.79 Å². The molecular weight excluding hydrogens is 182 g/mol. The van der Waals surface area contributed by atoms with Gasteiger partial charge in [-0.2, -0.15) is 0 Å². The highest BCUT2D eigenvalue weighted by molar-refractivity contribution is 5.75. The molecule has 0 aliphatic rings.